The minimum Gasteiger partial charge on any atom is -0.314 e. The second kappa shape index (κ2) is 3.78. The van der Waals surface area contributed by atoms with Crippen molar-refractivity contribution in [1.29, 1.82) is 0 Å². The van der Waals surface area contributed by atoms with E-state index in [0.717, 1.165) is 0 Å². The van der Waals surface area contributed by atoms with Crippen LogP contribution in [0.5, 0.6) is 0 Å². The Morgan fingerprint density at radius 2 is 2.12 bits per heavy atom. The summed E-state index contributed by atoms with van der Waals surface area (Å²) in [6.45, 7) is 0.701. The highest BCUT2D eigenvalue weighted by Crippen LogP contribution is 1.97. The van der Waals surface area contributed by atoms with Gasteiger partial charge in [-0.05, 0) is 14.0 Å². The number of hydrogen-bond donors (Lipinski definition) is 1. The molecule has 0 bridgehead atoms. The Labute approximate surface area is 48.1 Å². The Kier molecular flexibility index (Phi) is 3.69. The lowest BCUT2D eigenvalue weighted by atomic mass is 10.2. The summed E-state index contributed by atoms with van der Waals surface area (Å²) in [6.07, 6.45) is -1.36. The normalized spacial score (nSPS) is 18.0. The molecule has 2 atom stereocenters. The molecule has 3 heteroatoms. The van der Waals surface area contributed by atoms with Gasteiger partial charge < -0.3 is 5.32 Å². The van der Waals surface area contributed by atoms with Gasteiger partial charge in [-0.15, -0.1) is 0 Å². The van der Waals surface area contributed by atoms with Crippen molar-refractivity contribution in [3.8, 4) is 0 Å². The zero-order valence-corrected chi connectivity index (χ0v) is 5.12. The first-order chi connectivity index (χ1) is 3.72. The van der Waals surface area contributed by atoms with E-state index in [1.807, 2.05) is 0 Å². The molecule has 0 aromatic rings. The third kappa shape index (κ3) is 2.21. The third-order valence-electron chi connectivity index (χ3n) is 1.15. The van der Waals surface area contributed by atoms with Gasteiger partial charge in [-0.3, -0.25) is 0 Å². The Balaban J connectivity index is 3.29. The van der Waals surface area contributed by atoms with Gasteiger partial charge in [0, 0.05) is 6.04 Å². The van der Waals surface area contributed by atoms with Crippen LogP contribution >= 0.6 is 0 Å². The Hall–Kier alpha value is -0.180. The second-order valence-electron chi connectivity index (χ2n) is 1.75. The number of alkyl halides is 2. The first-order valence-electron chi connectivity index (χ1n) is 2.59. The summed E-state index contributed by atoms with van der Waals surface area (Å²) in [4.78, 5) is 0. The molecule has 8 heavy (non-hydrogen) atoms. The maximum absolute atomic E-state index is 12.1. The fourth-order valence-electron chi connectivity index (χ4n) is 0.314. The molecule has 0 aliphatic carbocycles. The third-order valence-corrected chi connectivity index (χ3v) is 1.15. The first-order valence-corrected chi connectivity index (χ1v) is 2.59. The van der Waals surface area contributed by atoms with Gasteiger partial charge in [0.25, 0.3) is 0 Å². The van der Waals surface area contributed by atoms with Gasteiger partial charge in [-0.25, -0.2) is 8.78 Å². The molecule has 1 N–H and O–H groups in total. The van der Waals surface area contributed by atoms with Crippen molar-refractivity contribution in [2.45, 2.75) is 19.1 Å². The quantitative estimate of drug-likeness (QED) is 0.588. The summed E-state index contributed by atoms with van der Waals surface area (Å²) in [5, 5.41) is 2.60. The van der Waals surface area contributed by atoms with E-state index >= 15 is 0 Å². The number of halogens is 2. The van der Waals surface area contributed by atoms with Gasteiger partial charge in [0.15, 0.2) is 0 Å². The smallest absolute Gasteiger partial charge is 0.143 e. The predicted molar refractivity (Wildman–Crippen MR) is 29.4 cm³/mol. The van der Waals surface area contributed by atoms with Gasteiger partial charge in [0.05, 0.1) is 0 Å². The molecule has 2 unspecified atom stereocenters. The van der Waals surface area contributed by atoms with Gasteiger partial charge in [-0.1, -0.05) is 0 Å². The zero-order valence-electron chi connectivity index (χ0n) is 5.12. The average Bonchev–Trinajstić information content (AvgIpc) is 1.84. The van der Waals surface area contributed by atoms with Gasteiger partial charge in [-0.2, -0.15) is 0 Å². The first kappa shape index (κ1) is 7.82. The topological polar surface area (TPSA) is 12.0 Å². The molecule has 0 spiro atoms. The molecular weight excluding hydrogens is 112 g/mol. The van der Waals surface area contributed by atoms with Crippen molar-refractivity contribution < 1.29 is 8.78 Å². The van der Waals surface area contributed by atoms with Crippen LogP contribution < -0.4 is 5.32 Å². The maximum atomic E-state index is 12.1. The van der Waals surface area contributed by atoms with E-state index in [9.17, 15) is 8.78 Å². The van der Waals surface area contributed by atoms with Crippen molar-refractivity contribution >= 4 is 0 Å². The van der Waals surface area contributed by atoms with E-state index in [2.05, 4.69) is 5.32 Å². The summed E-state index contributed by atoms with van der Waals surface area (Å²) in [5.74, 6) is 0. The van der Waals surface area contributed by atoms with Crippen LogP contribution in [0.1, 0.15) is 6.92 Å². The molecule has 0 amide bonds. The summed E-state index contributed by atoms with van der Waals surface area (Å²) in [5.41, 5.74) is 0. The molecule has 0 radical (unpaired) electrons. The monoisotopic (exact) mass is 123 g/mol. The Morgan fingerprint density at radius 1 is 1.62 bits per heavy atom. The van der Waals surface area contributed by atoms with E-state index < -0.39 is 12.8 Å². The lowest BCUT2D eigenvalue weighted by molar-refractivity contribution is 0.215. The van der Waals surface area contributed by atoms with Crippen molar-refractivity contribution in [3.63, 3.8) is 0 Å². The second-order valence-corrected chi connectivity index (χ2v) is 1.75. The molecule has 0 saturated carbocycles. The standard InChI is InChI=1S/C5H11F2N/c1-4(8-2)5(7)3-6/h4-5,8H,3H2,1-2H3. The van der Waals surface area contributed by atoms with Crippen LogP contribution in [0.4, 0.5) is 8.78 Å². The van der Waals surface area contributed by atoms with E-state index in [-0.39, 0.29) is 6.04 Å². The molecule has 0 rings (SSSR count). The van der Waals surface area contributed by atoms with Crippen molar-refractivity contribution in [2.24, 2.45) is 0 Å². The summed E-state index contributed by atoms with van der Waals surface area (Å²) >= 11 is 0. The fourth-order valence-corrected chi connectivity index (χ4v) is 0.314. The van der Waals surface area contributed by atoms with Crippen LogP contribution in [0.25, 0.3) is 0 Å². The highest BCUT2D eigenvalue weighted by molar-refractivity contribution is 4.67. The number of rotatable bonds is 3. The highest BCUT2D eigenvalue weighted by Gasteiger charge is 2.12. The van der Waals surface area contributed by atoms with Crippen molar-refractivity contribution in [2.75, 3.05) is 13.7 Å². The van der Waals surface area contributed by atoms with E-state index in [1.54, 1.807) is 14.0 Å². The number of nitrogens with one attached hydrogen (secondary N) is 1. The minimum absolute atomic E-state index is 0.375. The van der Waals surface area contributed by atoms with Crippen LogP contribution in [0, 0.1) is 0 Å². The fraction of sp³-hybridized carbons (Fsp3) is 1.00. The van der Waals surface area contributed by atoms with Gasteiger partial charge >= 0.3 is 0 Å². The predicted octanol–water partition coefficient (Wildman–Crippen LogP) is 0.902. The lowest BCUT2D eigenvalue weighted by Gasteiger charge is -2.10. The molecule has 0 aromatic heterocycles. The van der Waals surface area contributed by atoms with Gasteiger partial charge in [0.2, 0.25) is 0 Å². The van der Waals surface area contributed by atoms with Crippen LogP contribution in [-0.2, 0) is 0 Å². The van der Waals surface area contributed by atoms with E-state index in [4.69, 9.17) is 0 Å². The summed E-state index contributed by atoms with van der Waals surface area (Å²) < 4.78 is 23.5. The highest BCUT2D eigenvalue weighted by atomic mass is 19.2. The molecule has 50 valence electrons. The largest absolute Gasteiger partial charge is 0.314 e. The average molecular weight is 123 g/mol. The van der Waals surface area contributed by atoms with Crippen LogP contribution in [0.3, 0.4) is 0 Å². The van der Waals surface area contributed by atoms with Crippen LogP contribution in [0.2, 0.25) is 0 Å². The molecule has 0 aromatic carbocycles. The molecule has 0 aliphatic heterocycles. The Morgan fingerprint density at radius 3 is 2.25 bits per heavy atom. The lowest BCUT2D eigenvalue weighted by Crippen LogP contribution is -2.32. The molecule has 0 aliphatic rings. The van der Waals surface area contributed by atoms with Gasteiger partial charge in [0.1, 0.15) is 12.8 Å². The van der Waals surface area contributed by atoms with Crippen LogP contribution in [-0.4, -0.2) is 25.9 Å². The van der Waals surface area contributed by atoms with E-state index in [0.29, 0.717) is 0 Å². The van der Waals surface area contributed by atoms with Crippen molar-refractivity contribution in [1.82, 2.24) is 5.32 Å². The van der Waals surface area contributed by atoms with Crippen molar-refractivity contribution in [3.05, 3.63) is 0 Å². The minimum atomic E-state index is -1.36. The molecule has 0 fully saturated rings. The molecule has 0 saturated heterocycles. The molecular formula is C5H11F2N. The molecule has 1 nitrogen and oxygen atoms in total. The summed E-state index contributed by atoms with van der Waals surface area (Å²) in [6, 6.07) is -0.375. The molecule has 0 heterocycles. The SMILES string of the molecule is CNC(C)C(F)CF. The zero-order chi connectivity index (χ0) is 6.57. The van der Waals surface area contributed by atoms with E-state index in [1.165, 1.54) is 0 Å². The number of hydrogen-bond acceptors (Lipinski definition) is 1. The van der Waals surface area contributed by atoms with Crippen LogP contribution in [0.15, 0.2) is 0 Å². The maximum Gasteiger partial charge on any atom is 0.143 e. The Bertz CT molecular complexity index is 50.4. The summed E-state index contributed by atoms with van der Waals surface area (Å²) in [7, 11) is 1.60.